The Balaban J connectivity index is 2.64. The number of nitriles is 2. The minimum atomic E-state index is -0.510. The smallest absolute Gasteiger partial charge is 0.333 e. The van der Waals surface area contributed by atoms with Crippen molar-refractivity contribution >= 4 is 36.0 Å². The third-order valence-corrected chi connectivity index (χ3v) is 4.72. The monoisotopic (exact) mass is 448 g/mol. The Morgan fingerprint density at radius 2 is 1.23 bits per heavy atom. The number of carbonyl (C=O) groups is 2. The summed E-state index contributed by atoms with van der Waals surface area (Å²) in [6.45, 7) is 10.3. The summed E-state index contributed by atoms with van der Waals surface area (Å²) in [5.74, 6) is -1.02. The third-order valence-electron chi connectivity index (χ3n) is 3.12. The summed E-state index contributed by atoms with van der Waals surface area (Å²) >= 11 is 1.84. The number of hydrogen-bond donors (Lipinski definition) is 0. The number of ether oxygens (including phenoxy) is 2. The Bertz CT molecular complexity index is 833. The first-order valence-electron chi connectivity index (χ1n) is 8.52. The molecule has 1 aromatic carbocycles. The van der Waals surface area contributed by atoms with Gasteiger partial charge in [-0.25, -0.2) is 9.59 Å². The first kappa shape index (κ1) is 25.3. The summed E-state index contributed by atoms with van der Waals surface area (Å²) in [6, 6.07) is 7.03. The molecule has 8 nitrogen and oxygen atoms in total. The first-order valence-corrected chi connectivity index (χ1v) is 10.0. The zero-order chi connectivity index (χ0) is 22.5. The molecule has 0 N–H and O–H groups in total. The van der Waals surface area contributed by atoms with Crippen LogP contribution in [0.15, 0.2) is 46.2 Å². The van der Waals surface area contributed by atoms with E-state index >= 15 is 0 Å². The second-order valence-corrected chi connectivity index (χ2v) is 7.40. The average molecular weight is 449 g/mol. The molecule has 0 atom stereocenters. The van der Waals surface area contributed by atoms with E-state index in [0.29, 0.717) is 9.79 Å². The van der Waals surface area contributed by atoms with Crippen molar-refractivity contribution in [1.82, 2.24) is 0 Å². The minimum absolute atomic E-state index is 0.0322. The number of esters is 2. The van der Waals surface area contributed by atoms with Crippen molar-refractivity contribution in [2.45, 2.75) is 23.6 Å². The van der Waals surface area contributed by atoms with Gasteiger partial charge in [0.2, 0.25) is 0 Å². The summed E-state index contributed by atoms with van der Waals surface area (Å²) in [5.41, 5.74) is 1.10. The van der Waals surface area contributed by atoms with Crippen LogP contribution >= 0.6 is 24.1 Å². The molecule has 1 aromatic rings. The van der Waals surface area contributed by atoms with Crippen LogP contribution in [-0.2, 0) is 27.4 Å². The molecule has 0 aliphatic rings. The zero-order valence-electron chi connectivity index (χ0n) is 16.6. The van der Waals surface area contributed by atoms with Crippen LogP contribution in [0.4, 0.5) is 0 Å². The topological polar surface area (TPSA) is 119 Å². The summed E-state index contributed by atoms with van der Waals surface area (Å²) in [6.07, 6.45) is 0. The van der Waals surface area contributed by atoms with E-state index in [-0.39, 0.29) is 48.7 Å². The highest BCUT2D eigenvalue weighted by Crippen LogP contribution is 2.32. The normalized spacial score (nSPS) is 9.87. The van der Waals surface area contributed by atoms with Crippen LogP contribution in [0.3, 0.4) is 0 Å². The van der Waals surface area contributed by atoms with Gasteiger partial charge in [0.05, 0.1) is 34.1 Å². The molecule has 0 saturated carbocycles. The van der Waals surface area contributed by atoms with Crippen LogP contribution in [0.5, 0.6) is 0 Å². The third kappa shape index (κ3) is 8.72. The second kappa shape index (κ2) is 13.5. The molecule has 0 spiro atoms. The Hall–Kier alpha value is -2.76. The van der Waals surface area contributed by atoms with E-state index in [0.717, 1.165) is 24.1 Å². The Kier molecular flexibility index (Phi) is 11.3. The molecule has 0 radical (unpaired) electrons. The molecule has 0 amide bonds. The second-order valence-electron chi connectivity index (χ2n) is 5.71. The molecule has 0 aromatic heterocycles. The summed E-state index contributed by atoms with van der Waals surface area (Å²) in [4.78, 5) is 23.6. The highest BCUT2D eigenvalue weighted by molar-refractivity contribution is 7.95. The van der Waals surface area contributed by atoms with Crippen molar-refractivity contribution in [3.8, 4) is 12.1 Å². The lowest BCUT2D eigenvalue weighted by atomic mass is 10.1. The van der Waals surface area contributed by atoms with E-state index in [4.69, 9.17) is 17.8 Å². The number of hydrogen-bond acceptors (Lipinski definition) is 10. The van der Waals surface area contributed by atoms with E-state index < -0.39 is 11.9 Å². The fourth-order valence-corrected chi connectivity index (χ4v) is 3.02. The maximum Gasteiger partial charge on any atom is 0.333 e. The summed E-state index contributed by atoms with van der Waals surface area (Å²) < 4.78 is 20.6. The molecule has 0 aliphatic heterocycles. The van der Waals surface area contributed by atoms with Crippen LogP contribution in [0.2, 0.25) is 0 Å². The van der Waals surface area contributed by atoms with Gasteiger partial charge in [0, 0.05) is 35.2 Å². The number of nitrogens with zero attached hydrogens (tertiary/aromatic N) is 2. The van der Waals surface area contributed by atoms with Gasteiger partial charge in [-0.15, -0.1) is 0 Å². The van der Waals surface area contributed by atoms with Gasteiger partial charge in [-0.2, -0.15) is 10.5 Å². The van der Waals surface area contributed by atoms with Gasteiger partial charge in [0.1, 0.15) is 25.4 Å². The van der Waals surface area contributed by atoms with Gasteiger partial charge in [-0.05, 0) is 26.0 Å². The molecule has 30 heavy (non-hydrogen) atoms. The fraction of sp³-hybridized carbons (Fsp3) is 0.300. The van der Waals surface area contributed by atoms with Gasteiger partial charge in [0.25, 0.3) is 0 Å². The van der Waals surface area contributed by atoms with Gasteiger partial charge < -0.3 is 17.8 Å². The van der Waals surface area contributed by atoms with Crippen molar-refractivity contribution < 1.29 is 27.4 Å². The van der Waals surface area contributed by atoms with Gasteiger partial charge in [-0.1, -0.05) is 13.2 Å². The Morgan fingerprint density at radius 1 is 0.833 bits per heavy atom. The molecule has 0 aliphatic carbocycles. The lowest BCUT2D eigenvalue weighted by molar-refractivity contribution is -0.140. The van der Waals surface area contributed by atoms with Crippen LogP contribution in [-0.4, -0.2) is 38.4 Å². The van der Waals surface area contributed by atoms with Crippen LogP contribution in [0.1, 0.15) is 25.0 Å². The zero-order valence-corrected chi connectivity index (χ0v) is 18.2. The van der Waals surface area contributed by atoms with Crippen molar-refractivity contribution in [2.75, 3.05) is 26.4 Å². The highest BCUT2D eigenvalue weighted by atomic mass is 32.2. The molecular formula is C20H20N2O6S2. The molecular weight excluding hydrogens is 428 g/mol. The van der Waals surface area contributed by atoms with E-state index in [9.17, 15) is 20.1 Å². The Morgan fingerprint density at radius 3 is 1.57 bits per heavy atom. The maximum absolute atomic E-state index is 11.3. The molecule has 158 valence electrons. The quantitative estimate of drug-likeness (QED) is 0.202. The highest BCUT2D eigenvalue weighted by Gasteiger charge is 2.13. The molecule has 1 rings (SSSR count). The predicted octanol–water partition coefficient (Wildman–Crippen LogP) is 3.72. The summed E-state index contributed by atoms with van der Waals surface area (Å²) in [7, 11) is 0. The van der Waals surface area contributed by atoms with Crippen LogP contribution in [0, 0.1) is 22.7 Å². The van der Waals surface area contributed by atoms with E-state index in [1.807, 2.05) is 12.1 Å². The van der Waals surface area contributed by atoms with Crippen LogP contribution < -0.4 is 0 Å². The van der Waals surface area contributed by atoms with Gasteiger partial charge >= 0.3 is 11.9 Å². The predicted molar refractivity (Wildman–Crippen MR) is 111 cm³/mol. The first-order chi connectivity index (χ1) is 14.3. The number of carbonyl (C=O) groups excluding carboxylic acids is 2. The lowest BCUT2D eigenvalue weighted by Gasteiger charge is -2.10. The van der Waals surface area contributed by atoms with E-state index in [1.165, 1.54) is 6.07 Å². The van der Waals surface area contributed by atoms with E-state index in [1.54, 1.807) is 19.9 Å². The summed E-state index contributed by atoms with van der Waals surface area (Å²) in [5, 5.41) is 18.6. The average Bonchev–Trinajstić information content (AvgIpc) is 2.72. The van der Waals surface area contributed by atoms with Crippen molar-refractivity contribution in [1.29, 1.82) is 10.5 Å². The molecule has 0 unspecified atom stereocenters. The number of rotatable bonds is 12. The van der Waals surface area contributed by atoms with Gasteiger partial charge in [0.15, 0.2) is 0 Å². The number of benzene rings is 1. The van der Waals surface area contributed by atoms with Crippen molar-refractivity contribution in [3.05, 3.63) is 47.6 Å². The largest absolute Gasteiger partial charge is 0.460 e. The molecule has 0 saturated heterocycles. The molecule has 0 heterocycles. The fourth-order valence-electron chi connectivity index (χ4n) is 1.67. The molecule has 10 heteroatoms. The maximum atomic E-state index is 11.3. The standard InChI is InChI=1S/C20H20N2O6S2/c1-13(2)19(23)25-5-7-27-29-17-10-18(16(12-22)9-15(17)11-21)30-28-8-6-26-20(24)14(3)4/h9-10H,1,3,5-8H2,2,4H3. The van der Waals surface area contributed by atoms with Gasteiger partial charge in [-0.3, -0.25) is 0 Å². The minimum Gasteiger partial charge on any atom is -0.460 e. The van der Waals surface area contributed by atoms with Crippen molar-refractivity contribution in [2.24, 2.45) is 0 Å². The van der Waals surface area contributed by atoms with E-state index in [2.05, 4.69) is 13.2 Å². The molecule has 0 bridgehead atoms. The molecule has 0 fully saturated rings. The van der Waals surface area contributed by atoms with Crippen molar-refractivity contribution in [3.63, 3.8) is 0 Å². The Labute approximate surface area is 183 Å². The lowest BCUT2D eigenvalue weighted by Crippen LogP contribution is -2.09. The van der Waals surface area contributed by atoms with Crippen LogP contribution in [0.25, 0.3) is 0 Å². The SMILES string of the molecule is C=C(C)C(=O)OCCOSc1cc(SOCCOC(=O)C(=C)C)c(C#N)cc1C#N.